The van der Waals surface area contributed by atoms with Gasteiger partial charge in [0.2, 0.25) is 0 Å². The molecule has 1 N–H and O–H groups in total. The third kappa shape index (κ3) is 3.50. The van der Waals surface area contributed by atoms with Crippen LogP contribution < -0.4 is 5.69 Å². The molecule has 1 aromatic carbocycles. The fourth-order valence-electron chi connectivity index (χ4n) is 4.47. The number of aromatic nitrogens is 2. The number of H-pyrrole nitrogens is 1. The van der Waals surface area contributed by atoms with Crippen molar-refractivity contribution in [1.29, 1.82) is 0 Å². The summed E-state index contributed by atoms with van der Waals surface area (Å²) in [5.74, 6) is 0.747. The largest absolute Gasteiger partial charge is 0.384 e. The Morgan fingerprint density at radius 3 is 2.60 bits per heavy atom. The average Bonchev–Trinajstić information content (AvgIpc) is 2.86. The quantitative estimate of drug-likeness (QED) is 0.905. The molecule has 1 aromatic heterocycles. The first-order valence-electron chi connectivity index (χ1n) is 9.09. The molecule has 0 atom stereocenters. The number of halogens is 1. The third-order valence-electron chi connectivity index (χ3n) is 5.87. The van der Waals surface area contributed by atoms with Crippen LogP contribution in [0.2, 0.25) is 0 Å². The Balaban J connectivity index is 0.00000182. The SMILES string of the molecule is COCC1CC(N2CCC(n3c(=O)[nH]c4ccc(C)cc43)CC2)C1.Cl. The van der Waals surface area contributed by atoms with Gasteiger partial charge in [-0.2, -0.15) is 0 Å². The van der Waals surface area contributed by atoms with Gasteiger partial charge in [0.05, 0.1) is 11.0 Å². The van der Waals surface area contributed by atoms with E-state index in [0.717, 1.165) is 55.5 Å². The summed E-state index contributed by atoms with van der Waals surface area (Å²) in [5.41, 5.74) is 3.25. The smallest absolute Gasteiger partial charge is 0.326 e. The molecule has 1 saturated carbocycles. The molecular weight excluding hydrogens is 338 g/mol. The lowest BCUT2D eigenvalue weighted by Gasteiger charge is -2.45. The third-order valence-corrected chi connectivity index (χ3v) is 5.87. The molecule has 0 unspecified atom stereocenters. The fourth-order valence-corrected chi connectivity index (χ4v) is 4.47. The van der Waals surface area contributed by atoms with Crippen LogP contribution in [-0.4, -0.2) is 47.3 Å². The van der Waals surface area contributed by atoms with E-state index in [0.29, 0.717) is 6.04 Å². The number of methoxy groups -OCH3 is 1. The van der Waals surface area contributed by atoms with Gasteiger partial charge in [0.1, 0.15) is 0 Å². The van der Waals surface area contributed by atoms with Gasteiger partial charge in [-0.05, 0) is 56.2 Å². The first-order valence-corrected chi connectivity index (χ1v) is 9.09. The molecular formula is C19H28ClN3O2. The molecule has 1 saturated heterocycles. The van der Waals surface area contributed by atoms with E-state index in [-0.39, 0.29) is 18.1 Å². The number of nitrogens with one attached hydrogen (secondary N) is 1. The van der Waals surface area contributed by atoms with Crippen LogP contribution >= 0.6 is 12.4 Å². The molecule has 2 heterocycles. The van der Waals surface area contributed by atoms with E-state index in [2.05, 4.69) is 28.9 Å². The molecule has 5 nitrogen and oxygen atoms in total. The second-order valence-corrected chi connectivity index (χ2v) is 7.53. The number of fused-ring (bicyclic) bond motifs is 1. The zero-order valence-corrected chi connectivity index (χ0v) is 15.8. The number of benzene rings is 1. The van der Waals surface area contributed by atoms with Crippen LogP contribution in [0, 0.1) is 12.8 Å². The predicted molar refractivity (Wildman–Crippen MR) is 103 cm³/mol. The Hall–Kier alpha value is -1.30. The maximum absolute atomic E-state index is 12.4. The number of hydrogen-bond acceptors (Lipinski definition) is 3. The Morgan fingerprint density at radius 2 is 1.92 bits per heavy atom. The molecule has 1 aliphatic heterocycles. The molecule has 0 spiro atoms. The summed E-state index contributed by atoms with van der Waals surface area (Å²) in [5, 5.41) is 0. The molecule has 4 rings (SSSR count). The molecule has 2 aromatic rings. The van der Waals surface area contributed by atoms with Crippen LogP contribution in [-0.2, 0) is 4.74 Å². The molecule has 0 radical (unpaired) electrons. The van der Waals surface area contributed by atoms with Crippen LogP contribution in [0.5, 0.6) is 0 Å². The van der Waals surface area contributed by atoms with E-state index in [1.807, 2.05) is 10.6 Å². The average molecular weight is 366 g/mol. The lowest BCUT2D eigenvalue weighted by Crippen LogP contribution is -2.49. The molecule has 6 heteroatoms. The van der Waals surface area contributed by atoms with E-state index < -0.39 is 0 Å². The van der Waals surface area contributed by atoms with Crippen LogP contribution in [0.4, 0.5) is 0 Å². The number of hydrogen-bond donors (Lipinski definition) is 1. The summed E-state index contributed by atoms with van der Waals surface area (Å²) in [6.45, 7) is 5.17. The van der Waals surface area contributed by atoms with Gasteiger partial charge in [-0.15, -0.1) is 12.4 Å². The highest BCUT2D eigenvalue weighted by Gasteiger charge is 2.35. The molecule has 138 valence electrons. The lowest BCUT2D eigenvalue weighted by atomic mass is 9.79. The number of rotatable bonds is 4. The van der Waals surface area contributed by atoms with Crippen molar-refractivity contribution in [1.82, 2.24) is 14.5 Å². The highest BCUT2D eigenvalue weighted by molar-refractivity contribution is 5.85. The minimum absolute atomic E-state index is 0. The number of ether oxygens (including phenoxy) is 1. The number of aromatic amines is 1. The van der Waals surface area contributed by atoms with Crippen LogP contribution in [0.15, 0.2) is 23.0 Å². The van der Waals surface area contributed by atoms with Crippen LogP contribution in [0.25, 0.3) is 11.0 Å². The van der Waals surface area contributed by atoms with Gasteiger partial charge in [0.15, 0.2) is 0 Å². The van der Waals surface area contributed by atoms with E-state index in [4.69, 9.17) is 4.74 Å². The zero-order valence-electron chi connectivity index (χ0n) is 15.0. The van der Waals surface area contributed by atoms with E-state index in [9.17, 15) is 4.79 Å². The minimum atomic E-state index is 0. The Kier molecular flexibility index (Phi) is 5.56. The first kappa shape index (κ1) is 18.5. The molecule has 1 aliphatic carbocycles. The standard InChI is InChI=1S/C19H27N3O2.ClH/c1-13-3-4-17-18(9-13)22(19(23)20-17)15-5-7-21(8-6-15)16-10-14(11-16)12-24-2;/h3-4,9,14-16H,5-8,10-12H2,1-2H3,(H,20,23);1H. The number of imidazole rings is 1. The van der Waals surface area contributed by atoms with Crippen molar-refractivity contribution in [2.24, 2.45) is 5.92 Å². The fraction of sp³-hybridized carbons (Fsp3) is 0.632. The van der Waals surface area contributed by atoms with Crippen molar-refractivity contribution in [2.45, 2.75) is 44.7 Å². The first-order chi connectivity index (χ1) is 11.7. The Morgan fingerprint density at radius 1 is 1.20 bits per heavy atom. The second kappa shape index (κ2) is 7.52. The topological polar surface area (TPSA) is 50.3 Å². The van der Waals surface area contributed by atoms with Gasteiger partial charge < -0.3 is 14.6 Å². The summed E-state index contributed by atoms with van der Waals surface area (Å²) < 4.78 is 7.25. The van der Waals surface area contributed by atoms with E-state index in [1.165, 1.54) is 18.4 Å². The number of aryl methyl sites for hydroxylation is 1. The van der Waals surface area contributed by atoms with Gasteiger partial charge in [-0.25, -0.2) is 4.79 Å². The molecule has 2 aliphatic rings. The zero-order chi connectivity index (χ0) is 16.7. The molecule has 2 fully saturated rings. The highest BCUT2D eigenvalue weighted by Crippen LogP contribution is 2.35. The second-order valence-electron chi connectivity index (χ2n) is 7.53. The number of piperidine rings is 1. The van der Waals surface area contributed by atoms with Gasteiger partial charge in [-0.3, -0.25) is 4.57 Å². The van der Waals surface area contributed by atoms with Crippen molar-refractivity contribution in [3.8, 4) is 0 Å². The van der Waals surface area contributed by atoms with Crippen molar-refractivity contribution in [3.63, 3.8) is 0 Å². The van der Waals surface area contributed by atoms with Gasteiger partial charge in [0.25, 0.3) is 0 Å². The summed E-state index contributed by atoms with van der Waals surface area (Å²) in [4.78, 5) is 18.1. The maximum atomic E-state index is 12.4. The Labute approximate surface area is 154 Å². The van der Waals surface area contributed by atoms with E-state index >= 15 is 0 Å². The Bertz CT molecular complexity index is 771. The summed E-state index contributed by atoms with van der Waals surface area (Å²) in [6, 6.07) is 7.24. The molecule has 0 amide bonds. The summed E-state index contributed by atoms with van der Waals surface area (Å²) in [7, 11) is 1.79. The van der Waals surface area contributed by atoms with Crippen LogP contribution in [0.3, 0.4) is 0 Å². The number of nitrogens with zero attached hydrogens (tertiary/aromatic N) is 2. The lowest BCUT2D eigenvalue weighted by molar-refractivity contribution is 0.0148. The van der Waals surface area contributed by atoms with Gasteiger partial charge >= 0.3 is 5.69 Å². The van der Waals surface area contributed by atoms with Crippen molar-refractivity contribution in [3.05, 3.63) is 34.2 Å². The molecule has 25 heavy (non-hydrogen) atoms. The van der Waals surface area contributed by atoms with Gasteiger partial charge in [-0.1, -0.05) is 6.07 Å². The van der Waals surface area contributed by atoms with Crippen molar-refractivity contribution < 1.29 is 4.74 Å². The minimum Gasteiger partial charge on any atom is -0.384 e. The predicted octanol–water partition coefficient (Wildman–Crippen LogP) is 3.12. The van der Waals surface area contributed by atoms with Gasteiger partial charge in [0, 0.05) is 38.9 Å². The summed E-state index contributed by atoms with van der Waals surface area (Å²) >= 11 is 0. The number of likely N-dealkylation sites (tertiary alicyclic amines) is 1. The van der Waals surface area contributed by atoms with E-state index in [1.54, 1.807) is 7.11 Å². The van der Waals surface area contributed by atoms with Crippen molar-refractivity contribution >= 4 is 23.4 Å². The monoisotopic (exact) mass is 365 g/mol. The maximum Gasteiger partial charge on any atom is 0.326 e. The molecule has 0 bridgehead atoms. The van der Waals surface area contributed by atoms with Crippen molar-refractivity contribution in [2.75, 3.05) is 26.8 Å². The summed E-state index contributed by atoms with van der Waals surface area (Å²) in [6.07, 6.45) is 4.66. The van der Waals surface area contributed by atoms with Crippen LogP contribution in [0.1, 0.15) is 37.3 Å². The normalized spacial score (nSPS) is 24.9. The highest BCUT2D eigenvalue weighted by atomic mass is 35.5.